The zero-order valence-electron chi connectivity index (χ0n) is 19.6. The minimum atomic E-state index is -1.01. The first-order chi connectivity index (χ1) is 17.7. The van der Waals surface area contributed by atoms with Gasteiger partial charge in [-0.15, -0.1) is 5.10 Å². The molecule has 1 aromatic heterocycles. The molecule has 2 aromatic carbocycles. The van der Waals surface area contributed by atoms with Gasteiger partial charge in [0.2, 0.25) is 0 Å². The van der Waals surface area contributed by atoms with Crippen LogP contribution < -0.4 is 5.32 Å². The first kappa shape index (κ1) is 26.5. The maximum Gasteiger partial charge on any atom is 0.304 e. The number of ether oxygens (including phenoxy) is 3. The van der Waals surface area contributed by atoms with Gasteiger partial charge in [-0.3, -0.25) is 9.59 Å². The lowest BCUT2D eigenvalue weighted by Gasteiger charge is -2.21. The molecule has 11 nitrogen and oxygen atoms in total. The van der Waals surface area contributed by atoms with Crippen LogP contribution in [0.15, 0.2) is 48.7 Å². The van der Waals surface area contributed by atoms with E-state index in [1.54, 1.807) is 24.3 Å². The van der Waals surface area contributed by atoms with E-state index in [-0.39, 0.29) is 18.9 Å². The molecule has 4 rings (SSSR count). The van der Waals surface area contributed by atoms with E-state index in [1.165, 1.54) is 25.1 Å². The summed E-state index contributed by atoms with van der Waals surface area (Å²) in [5.41, 5.74) is 1.67. The summed E-state index contributed by atoms with van der Waals surface area (Å²) >= 11 is 6.00. The molecule has 3 N–H and O–H groups in total. The van der Waals surface area contributed by atoms with Crippen molar-refractivity contribution in [2.45, 2.75) is 44.3 Å². The number of rotatable bonds is 11. The lowest BCUT2D eigenvalue weighted by atomic mass is 9.96. The van der Waals surface area contributed by atoms with Crippen LogP contribution in [0.2, 0.25) is 5.02 Å². The highest BCUT2D eigenvalue weighted by atomic mass is 35.5. The lowest BCUT2D eigenvalue weighted by Crippen LogP contribution is -2.40. The number of halogens is 2. The second kappa shape index (κ2) is 11.6. The molecule has 2 unspecified atom stereocenters. The highest BCUT2D eigenvalue weighted by Crippen LogP contribution is 2.30. The number of aliphatic hydroxyl groups excluding tert-OH is 1. The predicted molar refractivity (Wildman–Crippen MR) is 126 cm³/mol. The van der Waals surface area contributed by atoms with Crippen molar-refractivity contribution >= 4 is 23.5 Å². The summed E-state index contributed by atoms with van der Waals surface area (Å²) in [6, 6.07) is 10.8. The summed E-state index contributed by atoms with van der Waals surface area (Å²) in [5, 5.41) is 30.1. The topological polar surface area (TPSA) is 148 Å². The van der Waals surface area contributed by atoms with E-state index in [9.17, 15) is 24.3 Å². The average Bonchev–Trinajstić information content (AvgIpc) is 3.50. The second-order valence-corrected chi connectivity index (χ2v) is 8.85. The van der Waals surface area contributed by atoms with Crippen LogP contribution in [0.3, 0.4) is 0 Å². The van der Waals surface area contributed by atoms with Crippen molar-refractivity contribution in [2.75, 3.05) is 6.79 Å². The Morgan fingerprint density at radius 3 is 2.70 bits per heavy atom. The number of esters is 1. The van der Waals surface area contributed by atoms with E-state index in [1.807, 2.05) is 0 Å². The van der Waals surface area contributed by atoms with Crippen molar-refractivity contribution in [3.8, 4) is 11.1 Å². The Morgan fingerprint density at radius 2 is 2.03 bits per heavy atom. The molecule has 0 bridgehead atoms. The zero-order chi connectivity index (χ0) is 26.5. The van der Waals surface area contributed by atoms with Crippen molar-refractivity contribution in [2.24, 2.45) is 0 Å². The molecule has 2 heterocycles. The van der Waals surface area contributed by atoms with Crippen LogP contribution in [0, 0.1) is 5.82 Å². The van der Waals surface area contributed by atoms with Gasteiger partial charge in [0.15, 0.2) is 18.8 Å². The molecule has 0 saturated carbocycles. The quantitative estimate of drug-likeness (QED) is 0.146. The van der Waals surface area contributed by atoms with Crippen LogP contribution in [0.5, 0.6) is 0 Å². The fourth-order valence-electron chi connectivity index (χ4n) is 3.76. The smallest absolute Gasteiger partial charge is 0.304 e. The van der Waals surface area contributed by atoms with E-state index in [4.69, 9.17) is 25.8 Å². The number of carbonyl (C=O) groups excluding carboxylic acids is 2. The fourth-order valence-corrected chi connectivity index (χ4v) is 3.93. The Balaban J connectivity index is 1.43. The van der Waals surface area contributed by atoms with Gasteiger partial charge in [0.1, 0.15) is 11.9 Å². The van der Waals surface area contributed by atoms with Crippen LogP contribution in [-0.4, -0.2) is 68.7 Å². The van der Waals surface area contributed by atoms with E-state index in [2.05, 4.69) is 15.6 Å². The molecule has 1 aliphatic heterocycles. The number of aliphatic hydroxyl groups is 1. The third kappa shape index (κ3) is 7.23. The normalized spacial score (nSPS) is 18.2. The lowest BCUT2D eigenvalue weighted by molar-refractivity contribution is -0.157. The predicted octanol–water partition coefficient (Wildman–Crippen LogP) is 2.33. The number of carbonyl (C=O) groups is 2. The third-order valence-electron chi connectivity index (χ3n) is 5.61. The molecular formula is C24H24ClFN4O7. The van der Waals surface area contributed by atoms with Gasteiger partial charge in [-0.05, 0) is 47.4 Å². The monoisotopic (exact) mass is 534 g/mol. The maximum absolute atomic E-state index is 14.2. The van der Waals surface area contributed by atoms with E-state index >= 15 is 0 Å². The highest BCUT2D eigenvalue weighted by molar-refractivity contribution is 6.30. The van der Waals surface area contributed by atoms with E-state index in [0.717, 1.165) is 11.8 Å². The number of hydrogen-bond acceptors (Lipinski definition) is 9. The summed E-state index contributed by atoms with van der Waals surface area (Å²) < 4.78 is 29.5. The van der Waals surface area contributed by atoms with Gasteiger partial charge in [-0.1, -0.05) is 40.7 Å². The molecule has 13 heteroatoms. The molecule has 0 radical (unpaired) electrons. The molecule has 1 aliphatic rings. The van der Waals surface area contributed by atoms with Crippen molar-refractivity contribution in [1.29, 1.82) is 0 Å². The molecular weight excluding hydrogens is 511 g/mol. The second-order valence-electron chi connectivity index (χ2n) is 8.41. The molecule has 0 aliphatic carbocycles. The summed E-state index contributed by atoms with van der Waals surface area (Å²) in [6.07, 6.45) is -0.990. The number of epoxide rings is 1. The summed E-state index contributed by atoms with van der Waals surface area (Å²) in [6.45, 7) is 0.934. The van der Waals surface area contributed by atoms with E-state index in [0.29, 0.717) is 27.4 Å². The summed E-state index contributed by atoms with van der Waals surface area (Å²) in [7, 11) is 0. The van der Waals surface area contributed by atoms with E-state index < -0.39 is 42.2 Å². The fraction of sp³-hybridized carbons (Fsp3) is 0.333. The van der Waals surface area contributed by atoms with Gasteiger partial charge >= 0.3 is 5.97 Å². The van der Waals surface area contributed by atoms with Gasteiger partial charge in [-0.2, -0.15) is 0 Å². The number of nitrogens with zero attached hydrogens (tertiary/aromatic N) is 3. The first-order valence-corrected chi connectivity index (χ1v) is 11.6. The minimum Gasteiger partial charge on any atom is -0.439 e. The Labute approximate surface area is 215 Å². The summed E-state index contributed by atoms with van der Waals surface area (Å²) in [4.78, 5) is 23.9. The Morgan fingerprint density at radius 1 is 1.27 bits per heavy atom. The maximum atomic E-state index is 14.2. The molecule has 37 heavy (non-hydrogen) atoms. The Kier molecular flexibility index (Phi) is 8.34. The molecule has 4 atom stereocenters. The van der Waals surface area contributed by atoms with Crippen LogP contribution >= 0.6 is 11.6 Å². The number of nitrogens with one attached hydrogen (secondary N) is 1. The van der Waals surface area contributed by atoms with Crippen molar-refractivity contribution in [3.05, 3.63) is 70.8 Å². The van der Waals surface area contributed by atoms with Crippen molar-refractivity contribution < 1.29 is 38.5 Å². The van der Waals surface area contributed by atoms with Gasteiger partial charge in [0, 0.05) is 23.6 Å². The molecule has 1 saturated heterocycles. The van der Waals surface area contributed by atoms with Crippen LogP contribution in [0.1, 0.15) is 29.4 Å². The van der Waals surface area contributed by atoms with Crippen LogP contribution in [0.25, 0.3) is 11.1 Å². The number of aromatic nitrogens is 3. The molecule has 1 amide bonds. The van der Waals surface area contributed by atoms with Gasteiger partial charge < -0.3 is 29.8 Å². The van der Waals surface area contributed by atoms with Gasteiger partial charge in [-0.25, -0.2) is 4.39 Å². The standard InChI is InChI=1S/C24H24ClFN4O7/c1-13(31)35-12-36-24-22(37-24)21(32)10-17(27-23(33)20-11-30(34)29-28-20)8-14-2-4-15(5-3-14)18-9-16(25)6-7-19(18)26/h2-7,9,11,17,21-22,24,32,34H,8,10,12H2,1H3,(H,27,33)/t17-,21-,22?,24?/m1/s1. The van der Waals surface area contributed by atoms with Crippen molar-refractivity contribution in [1.82, 2.24) is 20.5 Å². The van der Waals surface area contributed by atoms with Gasteiger partial charge in [0.25, 0.3) is 5.91 Å². The SMILES string of the molecule is CC(=O)OCOC1OC1[C@H](O)C[C@@H](Cc1ccc(-c2cc(Cl)ccc2F)cc1)NC(=O)c1cn(O)nn1. The average molecular weight is 535 g/mol. The largest absolute Gasteiger partial charge is 0.439 e. The Hall–Kier alpha value is -3.58. The highest BCUT2D eigenvalue weighted by Gasteiger charge is 2.46. The molecule has 0 spiro atoms. The molecule has 1 fully saturated rings. The van der Waals surface area contributed by atoms with Gasteiger partial charge in [0.05, 0.1) is 12.3 Å². The third-order valence-corrected chi connectivity index (χ3v) is 5.84. The summed E-state index contributed by atoms with van der Waals surface area (Å²) in [5.74, 6) is -1.52. The molecule has 196 valence electrons. The number of amides is 1. The number of hydrogen-bond donors (Lipinski definition) is 3. The minimum absolute atomic E-state index is 0.0851. The van der Waals surface area contributed by atoms with Crippen LogP contribution in [-0.2, 0) is 25.4 Å². The first-order valence-electron chi connectivity index (χ1n) is 11.2. The molecule has 3 aromatic rings. The van der Waals surface area contributed by atoms with Crippen molar-refractivity contribution in [3.63, 3.8) is 0 Å². The van der Waals surface area contributed by atoms with Crippen LogP contribution in [0.4, 0.5) is 4.39 Å². The Bertz CT molecular complexity index is 1260. The zero-order valence-corrected chi connectivity index (χ0v) is 20.3. The number of benzene rings is 2.